The van der Waals surface area contributed by atoms with Crippen LogP contribution in [0.15, 0.2) is 30.3 Å². The topological polar surface area (TPSA) is 54.0 Å². The summed E-state index contributed by atoms with van der Waals surface area (Å²) in [5.41, 5.74) is 1.08. The maximum Gasteiger partial charge on any atom is 0.317 e. The van der Waals surface area contributed by atoms with Gasteiger partial charge in [-0.25, -0.2) is 4.79 Å². The van der Waals surface area contributed by atoms with Gasteiger partial charge in [0.2, 0.25) is 0 Å². The van der Waals surface area contributed by atoms with Gasteiger partial charge in [0.05, 0.1) is 6.10 Å². The van der Waals surface area contributed by atoms with Crippen LogP contribution in [-0.4, -0.2) is 74.9 Å². The minimum Gasteiger partial charge on any atom is -0.381 e. The minimum atomic E-state index is -0.117. The maximum absolute atomic E-state index is 12.5. The third-order valence-electron chi connectivity index (χ3n) is 5.20. The second-order valence-electron chi connectivity index (χ2n) is 6.69. The van der Waals surface area contributed by atoms with Gasteiger partial charge in [0.15, 0.2) is 0 Å². The molecule has 25 heavy (non-hydrogen) atoms. The van der Waals surface area contributed by atoms with Gasteiger partial charge >= 0.3 is 6.03 Å². The average molecular weight is 347 g/mol. The molecule has 6 heteroatoms. The molecule has 0 bridgehead atoms. The predicted molar refractivity (Wildman–Crippen MR) is 96.6 cm³/mol. The van der Waals surface area contributed by atoms with Gasteiger partial charge in [0, 0.05) is 59.1 Å². The first kappa shape index (κ1) is 18.2. The highest BCUT2D eigenvalue weighted by atomic mass is 16.5. The number of piperazine rings is 1. The number of benzene rings is 1. The van der Waals surface area contributed by atoms with Gasteiger partial charge in [-0.05, 0) is 18.4 Å². The van der Waals surface area contributed by atoms with Crippen molar-refractivity contribution in [3.63, 3.8) is 0 Å². The van der Waals surface area contributed by atoms with E-state index in [1.165, 1.54) is 0 Å². The van der Waals surface area contributed by atoms with Crippen LogP contribution in [0.3, 0.4) is 0 Å². The van der Waals surface area contributed by atoms with E-state index in [-0.39, 0.29) is 12.1 Å². The molecular formula is C19H29N3O3. The molecule has 2 aliphatic heterocycles. The fourth-order valence-electron chi connectivity index (χ4n) is 3.64. The van der Waals surface area contributed by atoms with Gasteiger partial charge in [-0.2, -0.15) is 0 Å². The second kappa shape index (κ2) is 9.17. The van der Waals surface area contributed by atoms with Crippen LogP contribution in [0.4, 0.5) is 4.79 Å². The van der Waals surface area contributed by atoms with Gasteiger partial charge in [0.1, 0.15) is 0 Å². The van der Waals surface area contributed by atoms with Crippen molar-refractivity contribution in [2.24, 2.45) is 0 Å². The van der Waals surface area contributed by atoms with Gasteiger partial charge < -0.3 is 19.7 Å². The summed E-state index contributed by atoms with van der Waals surface area (Å²) >= 11 is 0. The van der Waals surface area contributed by atoms with E-state index >= 15 is 0 Å². The van der Waals surface area contributed by atoms with E-state index in [9.17, 15) is 4.79 Å². The summed E-state index contributed by atoms with van der Waals surface area (Å²) in [5.74, 6) is 0. The highest BCUT2D eigenvalue weighted by Gasteiger charge is 2.27. The first-order valence-corrected chi connectivity index (χ1v) is 9.20. The van der Waals surface area contributed by atoms with E-state index < -0.39 is 0 Å². The third-order valence-corrected chi connectivity index (χ3v) is 5.20. The molecular weight excluding hydrogens is 318 g/mol. The SMILES string of the molecule is CO[C@@H](CNC(=O)N1CCN(C2CCOCC2)CC1)c1ccccc1. The first-order valence-electron chi connectivity index (χ1n) is 9.20. The molecule has 6 nitrogen and oxygen atoms in total. The van der Waals surface area contributed by atoms with E-state index in [2.05, 4.69) is 10.2 Å². The van der Waals surface area contributed by atoms with Gasteiger partial charge in [-0.15, -0.1) is 0 Å². The molecule has 0 unspecified atom stereocenters. The number of hydrogen-bond donors (Lipinski definition) is 1. The molecule has 138 valence electrons. The number of nitrogens with one attached hydrogen (secondary N) is 1. The zero-order chi connectivity index (χ0) is 17.5. The molecule has 0 aliphatic carbocycles. The molecule has 1 N–H and O–H groups in total. The number of carbonyl (C=O) groups is 1. The first-order chi connectivity index (χ1) is 12.3. The molecule has 2 amide bonds. The summed E-state index contributed by atoms with van der Waals surface area (Å²) in [7, 11) is 1.68. The zero-order valence-corrected chi connectivity index (χ0v) is 15.0. The summed E-state index contributed by atoms with van der Waals surface area (Å²) in [4.78, 5) is 16.9. The monoisotopic (exact) mass is 347 g/mol. The fraction of sp³-hybridized carbons (Fsp3) is 0.632. The van der Waals surface area contributed by atoms with Gasteiger partial charge in [-0.3, -0.25) is 4.90 Å². The number of amides is 2. The lowest BCUT2D eigenvalue weighted by Gasteiger charge is -2.40. The lowest BCUT2D eigenvalue weighted by molar-refractivity contribution is 0.0184. The van der Waals surface area contributed by atoms with E-state index in [4.69, 9.17) is 9.47 Å². The second-order valence-corrected chi connectivity index (χ2v) is 6.69. The number of urea groups is 1. The van der Waals surface area contributed by atoms with Crippen LogP contribution in [0.25, 0.3) is 0 Å². The lowest BCUT2D eigenvalue weighted by Crippen LogP contribution is -2.55. The smallest absolute Gasteiger partial charge is 0.317 e. The number of rotatable bonds is 5. The van der Waals surface area contributed by atoms with Crippen LogP contribution in [0.5, 0.6) is 0 Å². The summed E-state index contributed by atoms with van der Waals surface area (Å²) in [6.45, 7) is 5.68. The maximum atomic E-state index is 12.5. The van der Waals surface area contributed by atoms with E-state index in [1.807, 2.05) is 35.2 Å². The van der Waals surface area contributed by atoms with Crippen LogP contribution in [0.2, 0.25) is 0 Å². The molecule has 1 aromatic carbocycles. The van der Waals surface area contributed by atoms with Crippen molar-refractivity contribution >= 4 is 6.03 Å². The van der Waals surface area contributed by atoms with Crippen LogP contribution in [0.1, 0.15) is 24.5 Å². The molecule has 0 saturated carbocycles. The van der Waals surface area contributed by atoms with E-state index in [0.717, 1.165) is 57.8 Å². The van der Waals surface area contributed by atoms with Crippen LogP contribution < -0.4 is 5.32 Å². The standard InChI is InChI=1S/C19H29N3O3/c1-24-18(16-5-3-2-4-6-16)15-20-19(23)22-11-9-21(10-12-22)17-7-13-25-14-8-17/h2-6,17-18H,7-15H2,1H3,(H,20,23)/t18-/m0/s1. The van der Waals surface area contributed by atoms with Crippen molar-refractivity contribution < 1.29 is 14.3 Å². The average Bonchev–Trinajstić information content (AvgIpc) is 2.70. The molecule has 2 heterocycles. The van der Waals surface area contributed by atoms with Crippen molar-refractivity contribution in [1.29, 1.82) is 0 Å². The number of carbonyl (C=O) groups excluding carboxylic acids is 1. The zero-order valence-electron chi connectivity index (χ0n) is 15.0. The fourth-order valence-corrected chi connectivity index (χ4v) is 3.64. The highest BCUT2D eigenvalue weighted by molar-refractivity contribution is 5.74. The molecule has 1 aromatic rings. The van der Waals surface area contributed by atoms with E-state index in [1.54, 1.807) is 7.11 Å². The van der Waals surface area contributed by atoms with Gasteiger partial charge in [-0.1, -0.05) is 30.3 Å². The third kappa shape index (κ3) is 4.93. The molecule has 0 radical (unpaired) electrons. The number of hydrogen-bond acceptors (Lipinski definition) is 4. The Kier molecular flexibility index (Phi) is 6.67. The molecule has 2 aliphatic rings. The van der Waals surface area contributed by atoms with Gasteiger partial charge in [0.25, 0.3) is 0 Å². The Balaban J connectivity index is 1.43. The molecule has 0 aromatic heterocycles. The quantitative estimate of drug-likeness (QED) is 0.884. The van der Waals surface area contributed by atoms with Crippen LogP contribution >= 0.6 is 0 Å². The summed E-state index contributed by atoms with van der Waals surface area (Å²) in [5, 5.41) is 3.02. The van der Waals surface area contributed by atoms with Crippen LogP contribution in [-0.2, 0) is 9.47 Å². The number of methoxy groups -OCH3 is 1. The van der Waals surface area contributed by atoms with Crippen molar-refractivity contribution in [2.75, 3.05) is 53.0 Å². The predicted octanol–water partition coefficient (Wildman–Crippen LogP) is 1.88. The van der Waals surface area contributed by atoms with Crippen molar-refractivity contribution in [3.8, 4) is 0 Å². The molecule has 3 rings (SSSR count). The van der Waals surface area contributed by atoms with E-state index in [0.29, 0.717) is 12.6 Å². The van der Waals surface area contributed by atoms with Crippen molar-refractivity contribution in [3.05, 3.63) is 35.9 Å². The Hall–Kier alpha value is -1.63. The Labute approximate surface area is 150 Å². The Morgan fingerprint density at radius 1 is 1.20 bits per heavy atom. The Morgan fingerprint density at radius 3 is 2.52 bits per heavy atom. The van der Waals surface area contributed by atoms with Crippen molar-refractivity contribution in [2.45, 2.75) is 25.0 Å². The number of nitrogens with zero attached hydrogens (tertiary/aromatic N) is 2. The molecule has 2 fully saturated rings. The Bertz CT molecular complexity index is 526. The molecule has 0 spiro atoms. The minimum absolute atomic E-state index is 0.00427. The highest BCUT2D eigenvalue weighted by Crippen LogP contribution is 2.17. The lowest BCUT2D eigenvalue weighted by atomic mass is 10.1. The Morgan fingerprint density at radius 2 is 1.88 bits per heavy atom. The molecule has 1 atom stereocenters. The largest absolute Gasteiger partial charge is 0.381 e. The summed E-state index contributed by atoms with van der Waals surface area (Å²) in [6.07, 6.45) is 2.10. The summed E-state index contributed by atoms with van der Waals surface area (Å²) in [6, 6.07) is 10.6. The molecule has 2 saturated heterocycles. The number of ether oxygens (including phenoxy) is 2. The normalized spacial score (nSPS) is 21.1. The van der Waals surface area contributed by atoms with Crippen LogP contribution in [0, 0.1) is 0 Å². The summed E-state index contributed by atoms with van der Waals surface area (Å²) < 4.78 is 11.0. The van der Waals surface area contributed by atoms with Crippen molar-refractivity contribution in [1.82, 2.24) is 15.1 Å².